The summed E-state index contributed by atoms with van der Waals surface area (Å²) in [5.41, 5.74) is -0.0786. The topological polar surface area (TPSA) is 113 Å². The molecule has 1 atom stereocenters. The summed E-state index contributed by atoms with van der Waals surface area (Å²) in [4.78, 5) is 21.0. The van der Waals surface area contributed by atoms with Gasteiger partial charge in [-0.05, 0) is 18.1 Å². The van der Waals surface area contributed by atoms with Crippen LogP contribution in [0.5, 0.6) is 0 Å². The molecular formula is C11H14N2O5. The number of anilines is 1. The molecule has 7 heteroatoms. The number of benzene rings is 1. The fourth-order valence-corrected chi connectivity index (χ4v) is 1.32. The van der Waals surface area contributed by atoms with Gasteiger partial charge in [-0.3, -0.25) is 10.1 Å². The highest BCUT2D eigenvalue weighted by Gasteiger charge is 2.16. The summed E-state index contributed by atoms with van der Waals surface area (Å²) < 4.78 is 0. The van der Waals surface area contributed by atoms with Crippen LogP contribution in [-0.4, -0.2) is 34.3 Å². The van der Waals surface area contributed by atoms with Crippen molar-refractivity contribution in [2.24, 2.45) is 5.92 Å². The summed E-state index contributed by atoms with van der Waals surface area (Å²) in [6.45, 7) is 2.03. The molecule has 0 bridgehead atoms. The van der Waals surface area contributed by atoms with Crippen LogP contribution in [-0.2, 0) is 0 Å². The molecule has 0 aliphatic carbocycles. The first-order chi connectivity index (χ1) is 8.45. The van der Waals surface area contributed by atoms with Crippen molar-refractivity contribution in [3.63, 3.8) is 0 Å². The normalized spacial score (nSPS) is 11.9. The van der Waals surface area contributed by atoms with Crippen molar-refractivity contribution in [2.45, 2.75) is 6.92 Å². The number of nitro benzene ring substituents is 1. The SMILES string of the molecule is CC(CO)CNc1cc(C(=O)O)ccc1[N+](=O)[O-]. The molecule has 3 N–H and O–H groups in total. The third-order valence-electron chi connectivity index (χ3n) is 2.39. The van der Waals surface area contributed by atoms with Gasteiger partial charge in [-0.1, -0.05) is 6.92 Å². The zero-order valence-electron chi connectivity index (χ0n) is 9.79. The van der Waals surface area contributed by atoms with Crippen LogP contribution in [0.1, 0.15) is 17.3 Å². The molecule has 0 fully saturated rings. The first kappa shape index (κ1) is 13.9. The van der Waals surface area contributed by atoms with Gasteiger partial charge < -0.3 is 15.5 Å². The molecule has 0 saturated carbocycles. The minimum atomic E-state index is -1.15. The van der Waals surface area contributed by atoms with Crippen molar-refractivity contribution in [3.8, 4) is 0 Å². The zero-order chi connectivity index (χ0) is 13.7. The largest absolute Gasteiger partial charge is 0.478 e. The molecule has 98 valence electrons. The minimum absolute atomic E-state index is 0.0280. The highest BCUT2D eigenvalue weighted by Crippen LogP contribution is 2.25. The zero-order valence-corrected chi connectivity index (χ0v) is 9.79. The van der Waals surface area contributed by atoms with Crippen molar-refractivity contribution >= 4 is 17.3 Å². The average molecular weight is 254 g/mol. The maximum Gasteiger partial charge on any atom is 0.335 e. The van der Waals surface area contributed by atoms with E-state index in [0.29, 0.717) is 6.54 Å². The second-order valence-corrected chi connectivity index (χ2v) is 3.96. The van der Waals surface area contributed by atoms with Crippen LogP contribution in [0.25, 0.3) is 0 Å². The van der Waals surface area contributed by atoms with E-state index in [-0.39, 0.29) is 29.5 Å². The van der Waals surface area contributed by atoms with Gasteiger partial charge in [0.1, 0.15) is 5.69 Å². The predicted molar refractivity (Wildman–Crippen MR) is 64.8 cm³/mol. The second-order valence-electron chi connectivity index (χ2n) is 3.96. The number of rotatable bonds is 6. The van der Waals surface area contributed by atoms with Crippen molar-refractivity contribution in [3.05, 3.63) is 33.9 Å². The number of nitrogens with zero attached hydrogens (tertiary/aromatic N) is 1. The van der Waals surface area contributed by atoms with E-state index in [2.05, 4.69) is 5.32 Å². The lowest BCUT2D eigenvalue weighted by molar-refractivity contribution is -0.384. The second kappa shape index (κ2) is 5.97. The van der Waals surface area contributed by atoms with Gasteiger partial charge in [-0.2, -0.15) is 0 Å². The van der Waals surface area contributed by atoms with Gasteiger partial charge >= 0.3 is 5.97 Å². The summed E-state index contributed by atoms with van der Waals surface area (Å²) in [7, 11) is 0. The maximum atomic E-state index is 10.8. The number of carbonyl (C=O) groups is 1. The van der Waals surface area contributed by atoms with Crippen LogP contribution < -0.4 is 5.32 Å². The van der Waals surface area contributed by atoms with Crippen molar-refractivity contribution in [2.75, 3.05) is 18.5 Å². The third kappa shape index (κ3) is 3.42. The van der Waals surface area contributed by atoms with Crippen LogP contribution in [0.2, 0.25) is 0 Å². The Hall–Kier alpha value is -2.15. The molecule has 0 heterocycles. The number of carboxylic acid groups (broad SMARTS) is 1. The van der Waals surface area contributed by atoms with Gasteiger partial charge in [-0.25, -0.2) is 4.79 Å². The molecule has 0 radical (unpaired) electrons. The van der Waals surface area contributed by atoms with Gasteiger partial charge in [0.25, 0.3) is 5.69 Å². The first-order valence-electron chi connectivity index (χ1n) is 5.32. The number of aliphatic hydroxyl groups is 1. The Morgan fingerprint density at radius 3 is 2.72 bits per heavy atom. The molecule has 0 spiro atoms. The van der Waals surface area contributed by atoms with E-state index in [0.717, 1.165) is 6.07 Å². The summed E-state index contributed by atoms with van der Waals surface area (Å²) in [5, 5.41) is 31.3. The number of hydrogen-bond acceptors (Lipinski definition) is 5. The molecule has 0 saturated heterocycles. The monoisotopic (exact) mass is 254 g/mol. The van der Waals surface area contributed by atoms with E-state index in [1.54, 1.807) is 6.92 Å². The van der Waals surface area contributed by atoms with Crippen molar-refractivity contribution in [1.29, 1.82) is 0 Å². The van der Waals surface area contributed by atoms with Crippen LogP contribution >= 0.6 is 0 Å². The van der Waals surface area contributed by atoms with Crippen LogP contribution in [0.3, 0.4) is 0 Å². The number of aromatic carboxylic acids is 1. The van der Waals surface area contributed by atoms with Crippen LogP contribution in [0.4, 0.5) is 11.4 Å². The Bertz CT molecular complexity index is 461. The average Bonchev–Trinajstić information content (AvgIpc) is 2.35. The van der Waals surface area contributed by atoms with Crippen molar-refractivity contribution < 1.29 is 19.9 Å². The molecule has 18 heavy (non-hydrogen) atoms. The first-order valence-corrected chi connectivity index (χ1v) is 5.32. The molecule has 1 unspecified atom stereocenters. The molecule has 7 nitrogen and oxygen atoms in total. The van der Waals surface area contributed by atoms with E-state index >= 15 is 0 Å². The maximum absolute atomic E-state index is 10.8. The summed E-state index contributed by atoms with van der Waals surface area (Å²) in [6, 6.07) is 3.54. The Morgan fingerprint density at radius 1 is 1.56 bits per heavy atom. The fraction of sp³-hybridized carbons (Fsp3) is 0.364. The van der Waals surface area contributed by atoms with Crippen molar-refractivity contribution in [1.82, 2.24) is 0 Å². The summed E-state index contributed by atoms with van der Waals surface area (Å²) in [6.07, 6.45) is 0. The van der Waals surface area contributed by atoms with Gasteiger partial charge in [0, 0.05) is 19.2 Å². The Balaban J connectivity index is 3.00. The minimum Gasteiger partial charge on any atom is -0.478 e. The highest BCUT2D eigenvalue weighted by molar-refractivity contribution is 5.90. The lowest BCUT2D eigenvalue weighted by Crippen LogP contribution is -2.15. The number of hydrogen-bond donors (Lipinski definition) is 3. The lowest BCUT2D eigenvalue weighted by Gasteiger charge is -2.11. The molecule has 1 aromatic carbocycles. The Kier molecular flexibility index (Phi) is 4.61. The van der Waals surface area contributed by atoms with E-state index in [1.165, 1.54) is 12.1 Å². The molecule has 1 aromatic rings. The molecule has 0 amide bonds. The highest BCUT2D eigenvalue weighted by atomic mass is 16.6. The molecule has 0 aliphatic rings. The van der Waals surface area contributed by atoms with Crippen LogP contribution in [0, 0.1) is 16.0 Å². The number of nitrogens with one attached hydrogen (secondary N) is 1. The molecule has 0 aromatic heterocycles. The Labute approximate surface area is 103 Å². The number of nitro groups is 1. The van der Waals surface area contributed by atoms with Gasteiger partial charge in [0.15, 0.2) is 0 Å². The van der Waals surface area contributed by atoms with Crippen LogP contribution in [0.15, 0.2) is 18.2 Å². The smallest absolute Gasteiger partial charge is 0.335 e. The van der Waals surface area contributed by atoms with Gasteiger partial charge in [0.05, 0.1) is 10.5 Å². The van der Waals surface area contributed by atoms with E-state index in [9.17, 15) is 14.9 Å². The fourth-order valence-electron chi connectivity index (χ4n) is 1.32. The summed E-state index contributed by atoms with van der Waals surface area (Å²) >= 11 is 0. The Morgan fingerprint density at radius 2 is 2.22 bits per heavy atom. The predicted octanol–water partition coefficient (Wildman–Crippen LogP) is 1.33. The number of carboxylic acids is 1. The van der Waals surface area contributed by atoms with E-state index in [1.807, 2.05) is 0 Å². The summed E-state index contributed by atoms with van der Waals surface area (Å²) in [5.74, 6) is -1.23. The third-order valence-corrected chi connectivity index (χ3v) is 2.39. The standard InChI is InChI=1S/C11H14N2O5/c1-7(6-14)5-12-9-4-8(11(15)16)2-3-10(9)13(17)18/h2-4,7,12,14H,5-6H2,1H3,(H,15,16). The van der Waals surface area contributed by atoms with E-state index in [4.69, 9.17) is 10.2 Å². The van der Waals surface area contributed by atoms with Gasteiger partial charge in [-0.15, -0.1) is 0 Å². The van der Waals surface area contributed by atoms with Gasteiger partial charge in [0.2, 0.25) is 0 Å². The quantitative estimate of drug-likeness (QED) is 0.521. The van der Waals surface area contributed by atoms with E-state index < -0.39 is 10.9 Å². The molecule has 1 rings (SSSR count). The molecular weight excluding hydrogens is 240 g/mol. The lowest BCUT2D eigenvalue weighted by atomic mass is 10.1. The number of aliphatic hydroxyl groups excluding tert-OH is 1. The molecule has 0 aliphatic heterocycles.